The number of unbranched alkanes of at least 4 members (excludes halogenated alkanes) is 8. The van der Waals surface area contributed by atoms with Crippen LogP contribution in [0.15, 0.2) is 0 Å². The molecule has 0 aliphatic heterocycles. The highest BCUT2D eigenvalue weighted by atomic mass is 28.4. The number of carbonyl (C=O) groups is 1. The zero-order valence-corrected chi connectivity index (χ0v) is 16.8. The van der Waals surface area contributed by atoms with Crippen LogP contribution in [0, 0.1) is 0 Å². The molecule has 0 amide bonds. The van der Waals surface area contributed by atoms with Gasteiger partial charge in [-0.1, -0.05) is 79.1 Å². The van der Waals surface area contributed by atoms with Crippen molar-refractivity contribution in [1.29, 1.82) is 0 Å². The van der Waals surface area contributed by atoms with Crippen LogP contribution in [0.4, 0.5) is 4.79 Å². The fraction of sp³-hybridized carbons (Fsp3) is 0.944. The Morgan fingerprint density at radius 1 is 0.864 bits per heavy atom. The van der Waals surface area contributed by atoms with Crippen LogP contribution in [0.25, 0.3) is 0 Å². The lowest BCUT2D eigenvalue weighted by molar-refractivity contribution is 0.0928. The van der Waals surface area contributed by atoms with Gasteiger partial charge in [-0.05, 0) is 24.6 Å². The molecule has 0 fully saturated rings. The monoisotopic (exact) mass is 330 g/mol. The van der Waals surface area contributed by atoms with Crippen LogP contribution >= 0.6 is 0 Å². The molecule has 4 heteroatoms. The minimum Gasteiger partial charge on any atom is -0.489 e. The zero-order chi connectivity index (χ0) is 17.1. The Labute approximate surface area is 139 Å². The summed E-state index contributed by atoms with van der Waals surface area (Å²) in [4.78, 5) is 11.7. The molecular weight excluding hydrogens is 292 g/mol. The number of carbonyl (C=O) groups excluding carboxylic acids is 1. The molecule has 3 nitrogen and oxygen atoms in total. The first-order valence-corrected chi connectivity index (χ1v) is 12.0. The van der Waals surface area contributed by atoms with Gasteiger partial charge in [0.2, 0.25) is 0 Å². The summed E-state index contributed by atoms with van der Waals surface area (Å²) >= 11 is 0. The van der Waals surface area contributed by atoms with Crippen molar-refractivity contribution in [3.8, 4) is 0 Å². The summed E-state index contributed by atoms with van der Waals surface area (Å²) in [6, 6.07) is 0. The van der Waals surface area contributed by atoms with Gasteiger partial charge in [-0.15, -0.1) is 0 Å². The molecule has 0 rings (SSSR count). The van der Waals surface area contributed by atoms with Crippen LogP contribution in [0.2, 0.25) is 18.1 Å². The number of hydrogen-bond donors (Lipinski definition) is 0. The average molecular weight is 331 g/mol. The standard InChI is InChI=1S/C18H38O3Si/c1-7-8-9-10-11-12-13-14-15-16-20-17(19)21-22(5,6)18(2,3)4/h7-16H2,1-6H3. The molecule has 0 aromatic heterocycles. The Hall–Kier alpha value is -0.513. The van der Waals surface area contributed by atoms with Gasteiger partial charge in [-0.3, -0.25) is 0 Å². The van der Waals surface area contributed by atoms with Gasteiger partial charge in [0.1, 0.15) is 0 Å². The van der Waals surface area contributed by atoms with Gasteiger partial charge >= 0.3 is 6.16 Å². The van der Waals surface area contributed by atoms with Crippen LogP contribution in [0.1, 0.15) is 85.5 Å². The zero-order valence-electron chi connectivity index (χ0n) is 15.8. The summed E-state index contributed by atoms with van der Waals surface area (Å²) in [5.74, 6) is 0. The van der Waals surface area contributed by atoms with Crippen molar-refractivity contribution < 1.29 is 14.0 Å². The molecule has 0 N–H and O–H groups in total. The van der Waals surface area contributed by atoms with Crippen molar-refractivity contribution in [2.45, 2.75) is 104 Å². The number of hydrogen-bond acceptors (Lipinski definition) is 3. The van der Waals surface area contributed by atoms with Crippen LogP contribution in [0.5, 0.6) is 0 Å². The number of ether oxygens (including phenoxy) is 1. The predicted octanol–water partition coefficient (Wildman–Crippen LogP) is 6.68. The van der Waals surface area contributed by atoms with Crippen LogP contribution in [-0.2, 0) is 9.16 Å². The van der Waals surface area contributed by atoms with Crippen molar-refractivity contribution >= 4 is 14.5 Å². The van der Waals surface area contributed by atoms with E-state index in [2.05, 4.69) is 40.8 Å². The summed E-state index contributed by atoms with van der Waals surface area (Å²) in [7, 11) is -2.04. The van der Waals surface area contributed by atoms with E-state index in [1.165, 1.54) is 44.9 Å². The van der Waals surface area contributed by atoms with Gasteiger partial charge in [0.25, 0.3) is 8.32 Å². The molecule has 0 radical (unpaired) electrons. The molecule has 22 heavy (non-hydrogen) atoms. The second-order valence-corrected chi connectivity index (χ2v) is 12.5. The summed E-state index contributed by atoms with van der Waals surface area (Å²) < 4.78 is 10.8. The molecule has 0 unspecified atom stereocenters. The lowest BCUT2D eigenvalue weighted by atomic mass is 10.1. The van der Waals surface area contributed by atoms with E-state index < -0.39 is 14.5 Å². The van der Waals surface area contributed by atoms with Crippen LogP contribution < -0.4 is 0 Å². The first kappa shape index (κ1) is 21.5. The summed E-state index contributed by atoms with van der Waals surface area (Å²) in [5.41, 5.74) is 0. The molecule has 0 spiro atoms. The molecular formula is C18H38O3Si. The van der Waals surface area contributed by atoms with Gasteiger partial charge < -0.3 is 9.16 Å². The van der Waals surface area contributed by atoms with Gasteiger partial charge in [0.15, 0.2) is 0 Å². The smallest absolute Gasteiger partial charge is 0.489 e. The van der Waals surface area contributed by atoms with E-state index in [-0.39, 0.29) is 5.04 Å². The fourth-order valence-electron chi connectivity index (χ4n) is 1.96. The first-order chi connectivity index (χ1) is 10.2. The maximum atomic E-state index is 11.7. The Kier molecular flexibility index (Phi) is 10.8. The quantitative estimate of drug-likeness (QED) is 0.241. The molecule has 0 aliphatic carbocycles. The Balaban J connectivity index is 3.54. The second-order valence-electron chi connectivity index (χ2n) is 7.79. The highest BCUT2D eigenvalue weighted by Gasteiger charge is 2.40. The lowest BCUT2D eigenvalue weighted by Crippen LogP contribution is -2.42. The average Bonchev–Trinajstić information content (AvgIpc) is 2.39. The highest BCUT2D eigenvalue weighted by molar-refractivity contribution is 6.75. The molecule has 132 valence electrons. The van der Waals surface area contributed by atoms with E-state index in [4.69, 9.17) is 9.16 Å². The van der Waals surface area contributed by atoms with Gasteiger partial charge in [0.05, 0.1) is 6.61 Å². The van der Waals surface area contributed by atoms with E-state index in [1.807, 2.05) is 0 Å². The normalized spacial score (nSPS) is 12.3. The summed E-state index contributed by atoms with van der Waals surface area (Å²) in [6.45, 7) is 13.2. The topological polar surface area (TPSA) is 35.5 Å². The summed E-state index contributed by atoms with van der Waals surface area (Å²) in [5, 5.41) is 0.0315. The second kappa shape index (κ2) is 11.1. The van der Waals surface area contributed by atoms with Gasteiger partial charge in [-0.2, -0.15) is 0 Å². The van der Waals surface area contributed by atoms with Crippen molar-refractivity contribution in [2.75, 3.05) is 6.61 Å². The fourth-order valence-corrected chi connectivity index (χ4v) is 2.74. The first-order valence-electron chi connectivity index (χ1n) is 9.06. The van der Waals surface area contributed by atoms with Crippen molar-refractivity contribution in [3.63, 3.8) is 0 Å². The molecule has 0 saturated carbocycles. The molecule has 0 aliphatic rings. The molecule has 0 saturated heterocycles. The SMILES string of the molecule is CCCCCCCCCCCOC(=O)O[Si](C)(C)C(C)(C)C. The molecule has 0 atom stereocenters. The molecule has 0 aromatic carbocycles. The Bertz CT molecular complexity index is 295. The lowest BCUT2D eigenvalue weighted by Gasteiger charge is -2.34. The van der Waals surface area contributed by atoms with E-state index in [0.717, 1.165) is 12.8 Å². The van der Waals surface area contributed by atoms with E-state index in [1.54, 1.807) is 0 Å². The predicted molar refractivity (Wildman–Crippen MR) is 96.9 cm³/mol. The van der Waals surface area contributed by atoms with Crippen molar-refractivity contribution in [2.24, 2.45) is 0 Å². The largest absolute Gasteiger partial charge is 0.494 e. The summed E-state index contributed by atoms with van der Waals surface area (Å²) in [6.07, 6.45) is 10.9. The molecule has 0 heterocycles. The minimum atomic E-state index is -2.04. The van der Waals surface area contributed by atoms with Gasteiger partial charge in [0, 0.05) is 0 Å². The third kappa shape index (κ3) is 10.3. The van der Waals surface area contributed by atoms with Crippen molar-refractivity contribution in [1.82, 2.24) is 0 Å². The van der Waals surface area contributed by atoms with E-state index in [0.29, 0.717) is 6.61 Å². The third-order valence-corrected chi connectivity index (χ3v) is 8.90. The van der Waals surface area contributed by atoms with Crippen LogP contribution in [-0.4, -0.2) is 21.1 Å². The maximum Gasteiger partial charge on any atom is 0.494 e. The van der Waals surface area contributed by atoms with Crippen molar-refractivity contribution in [3.05, 3.63) is 0 Å². The third-order valence-electron chi connectivity index (χ3n) is 4.61. The maximum absolute atomic E-state index is 11.7. The molecule has 0 aromatic rings. The van der Waals surface area contributed by atoms with E-state index >= 15 is 0 Å². The van der Waals surface area contributed by atoms with Gasteiger partial charge in [-0.25, -0.2) is 4.79 Å². The Morgan fingerprint density at radius 3 is 1.77 bits per heavy atom. The number of rotatable bonds is 11. The minimum absolute atomic E-state index is 0.0315. The van der Waals surface area contributed by atoms with E-state index in [9.17, 15) is 4.79 Å². The Morgan fingerprint density at radius 2 is 1.32 bits per heavy atom. The molecule has 0 bridgehead atoms. The van der Waals surface area contributed by atoms with Crippen LogP contribution in [0.3, 0.4) is 0 Å². The highest BCUT2D eigenvalue weighted by Crippen LogP contribution is 2.36.